The van der Waals surface area contributed by atoms with E-state index in [1.807, 2.05) is 43.1 Å². The van der Waals surface area contributed by atoms with Crippen molar-refractivity contribution >= 4 is 21.8 Å². The number of aliphatic hydroxyl groups is 1. The number of rotatable bonds is 5. The zero-order valence-electron chi connectivity index (χ0n) is 13.7. The third kappa shape index (κ3) is 4.09. The first-order chi connectivity index (χ1) is 10.2. The van der Waals surface area contributed by atoms with E-state index in [9.17, 15) is 9.90 Å². The number of carbonyl (C=O) groups is 1. The zero-order chi connectivity index (χ0) is 16.5. The van der Waals surface area contributed by atoms with Crippen LogP contribution in [0.3, 0.4) is 0 Å². The molecule has 122 valence electrons. The van der Waals surface area contributed by atoms with Crippen molar-refractivity contribution in [1.29, 1.82) is 0 Å². The summed E-state index contributed by atoms with van der Waals surface area (Å²) in [6, 6.07) is 7.59. The van der Waals surface area contributed by atoms with Crippen molar-refractivity contribution in [3.8, 4) is 0 Å². The Morgan fingerprint density at radius 3 is 2.36 bits per heavy atom. The van der Waals surface area contributed by atoms with E-state index in [1.165, 1.54) is 0 Å². The molecule has 0 saturated carbocycles. The minimum Gasteiger partial charge on any atom is -0.388 e. The van der Waals surface area contributed by atoms with Crippen LogP contribution in [0.25, 0.3) is 0 Å². The predicted octanol–water partition coefficient (Wildman–Crippen LogP) is 2.61. The first-order valence-corrected chi connectivity index (χ1v) is 8.46. The van der Waals surface area contributed by atoms with Gasteiger partial charge in [0.15, 0.2) is 0 Å². The summed E-state index contributed by atoms with van der Waals surface area (Å²) in [6.45, 7) is 8.27. The van der Waals surface area contributed by atoms with Gasteiger partial charge in [-0.1, -0.05) is 29.8 Å². The van der Waals surface area contributed by atoms with Crippen LogP contribution in [-0.2, 0) is 0 Å². The number of likely N-dealkylation sites (N-methyl/N-ethyl adjacent to an activating group) is 1. The van der Waals surface area contributed by atoms with Crippen LogP contribution in [-0.4, -0.2) is 59.1 Å². The van der Waals surface area contributed by atoms with Gasteiger partial charge >= 0.3 is 0 Å². The summed E-state index contributed by atoms with van der Waals surface area (Å²) in [5.74, 6) is 0.397. The van der Waals surface area contributed by atoms with Gasteiger partial charge < -0.3 is 10.0 Å². The molecular formula is C17H25BrN2O2. The summed E-state index contributed by atoms with van der Waals surface area (Å²) in [6.07, 6.45) is 0. The Hall–Kier alpha value is -0.910. The average Bonchev–Trinajstić information content (AvgIpc) is 2.41. The first-order valence-electron chi connectivity index (χ1n) is 7.67. The second kappa shape index (κ2) is 6.69. The lowest BCUT2D eigenvalue weighted by atomic mass is 9.93. The summed E-state index contributed by atoms with van der Waals surface area (Å²) < 4.78 is 0.968. The van der Waals surface area contributed by atoms with Gasteiger partial charge in [-0.3, -0.25) is 9.69 Å². The molecule has 5 heteroatoms. The highest BCUT2D eigenvalue weighted by molar-refractivity contribution is 9.10. The van der Waals surface area contributed by atoms with Crippen molar-refractivity contribution in [3.05, 3.63) is 34.3 Å². The predicted molar refractivity (Wildman–Crippen MR) is 91.9 cm³/mol. The van der Waals surface area contributed by atoms with Crippen molar-refractivity contribution in [2.24, 2.45) is 5.92 Å². The Labute approximate surface area is 141 Å². The molecule has 2 rings (SSSR count). The molecular weight excluding hydrogens is 344 g/mol. The van der Waals surface area contributed by atoms with Crippen LogP contribution in [0.1, 0.15) is 31.1 Å². The number of carbonyl (C=O) groups excluding carboxylic acids is 1. The van der Waals surface area contributed by atoms with Crippen molar-refractivity contribution in [1.82, 2.24) is 9.80 Å². The van der Waals surface area contributed by atoms with Gasteiger partial charge in [0.1, 0.15) is 0 Å². The quantitative estimate of drug-likeness (QED) is 0.868. The van der Waals surface area contributed by atoms with Crippen LogP contribution in [0, 0.1) is 5.92 Å². The lowest BCUT2D eigenvalue weighted by Gasteiger charge is -2.47. The number of hydrogen-bond donors (Lipinski definition) is 1. The Morgan fingerprint density at radius 2 is 1.91 bits per heavy atom. The fourth-order valence-electron chi connectivity index (χ4n) is 3.04. The van der Waals surface area contributed by atoms with Gasteiger partial charge in [0.2, 0.25) is 0 Å². The second-order valence-electron chi connectivity index (χ2n) is 6.90. The zero-order valence-corrected chi connectivity index (χ0v) is 15.3. The molecule has 1 aliphatic heterocycles. The normalized spacial score (nSPS) is 18.9. The SMILES string of the molecule is CC(C)[C@@H](CN1CC(C)(O)C1)N(C)C(=O)c1ccc(Br)cc1. The van der Waals surface area contributed by atoms with Gasteiger partial charge in [0, 0.05) is 42.8 Å². The second-order valence-corrected chi connectivity index (χ2v) is 7.82. The van der Waals surface area contributed by atoms with Gasteiger partial charge in [0.05, 0.1) is 5.60 Å². The van der Waals surface area contributed by atoms with Crippen molar-refractivity contribution in [3.63, 3.8) is 0 Å². The van der Waals surface area contributed by atoms with Crippen LogP contribution < -0.4 is 0 Å². The van der Waals surface area contributed by atoms with Crippen LogP contribution >= 0.6 is 15.9 Å². The molecule has 0 aromatic heterocycles. The average molecular weight is 369 g/mol. The maximum atomic E-state index is 12.7. The molecule has 1 amide bonds. The van der Waals surface area contributed by atoms with E-state index in [4.69, 9.17) is 0 Å². The van der Waals surface area contributed by atoms with Gasteiger partial charge in [-0.15, -0.1) is 0 Å². The summed E-state index contributed by atoms with van der Waals surface area (Å²) in [5, 5.41) is 9.86. The third-order valence-corrected chi connectivity index (χ3v) is 4.78. The van der Waals surface area contributed by atoms with E-state index in [0.29, 0.717) is 24.6 Å². The Balaban J connectivity index is 2.04. The number of halogens is 1. The van der Waals surface area contributed by atoms with E-state index in [2.05, 4.69) is 34.7 Å². The smallest absolute Gasteiger partial charge is 0.253 e. The first kappa shape index (κ1) is 17.4. The lowest BCUT2D eigenvalue weighted by Crippen LogP contribution is -2.63. The molecule has 4 nitrogen and oxygen atoms in total. The maximum Gasteiger partial charge on any atom is 0.253 e. The number of benzene rings is 1. The third-order valence-electron chi connectivity index (χ3n) is 4.25. The Bertz CT molecular complexity index is 520. The van der Waals surface area contributed by atoms with Crippen LogP contribution in [0.2, 0.25) is 0 Å². The number of amides is 1. The molecule has 1 atom stereocenters. The Kier molecular flexibility index (Phi) is 5.30. The number of likely N-dealkylation sites (tertiary alicyclic amines) is 1. The number of β-amino-alcohol motifs (C(OH)–C–C–N with tert-alkyl or cyclic N) is 1. The minimum atomic E-state index is -0.574. The highest BCUT2D eigenvalue weighted by Gasteiger charge is 2.38. The molecule has 0 unspecified atom stereocenters. The molecule has 22 heavy (non-hydrogen) atoms. The van der Waals surface area contributed by atoms with Crippen LogP contribution in [0.5, 0.6) is 0 Å². The Morgan fingerprint density at radius 1 is 1.36 bits per heavy atom. The van der Waals surface area contributed by atoms with Crippen LogP contribution in [0.15, 0.2) is 28.7 Å². The molecule has 1 aromatic rings. The number of nitrogens with zero attached hydrogens (tertiary/aromatic N) is 2. The largest absolute Gasteiger partial charge is 0.388 e. The fraction of sp³-hybridized carbons (Fsp3) is 0.588. The molecule has 0 bridgehead atoms. The highest BCUT2D eigenvalue weighted by Crippen LogP contribution is 2.23. The molecule has 1 aliphatic rings. The number of hydrogen-bond acceptors (Lipinski definition) is 3. The molecule has 0 radical (unpaired) electrons. The van der Waals surface area contributed by atoms with E-state index in [0.717, 1.165) is 11.0 Å². The molecule has 1 N–H and O–H groups in total. The van der Waals surface area contributed by atoms with E-state index >= 15 is 0 Å². The summed E-state index contributed by atoms with van der Waals surface area (Å²) in [7, 11) is 1.87. The van der Waals surface area contributed by atoms with Gasteiger partial charge in [0.25, 0.3) is 5.91 Å². The van der Waals surface area contributed by atoms with Crippen molar-refractivity contribution in [2.45, 2.75) is 32.4 Å². The maximum absolute atomic E-state index is 12.7. The highest BCUT2D eigenvalue weighted by atomic mass is 79.9. The van der Waals surface area contributed by atoms with Gasteiger partial charge in [-0.05, 0) is 37.1 Å². The molecule has 1 saturated heterocycles. The molecule has 1 heterocycles. The molecule has 0 spiro atoms. The molecule has 0 aliphatic carbocycles. The fourth-order valence-corrected chi connectivity index (χ4v) is 3.30. The van der Waals surface area contributed by atoms with E-state index in [-0.39, 0.29) is 11.9 Å². The monoisotopic (exact) mass is 368 g/mol. The van der Waals surface area contributed by atoms with Gasteiger partial charge in [-0.2, -0.15) is 0 Å². The standard InChI is InChI=1S/C17H25BrN2O2/c1-12(2)15(9-20-10-17(3,22)11-20)19(4)16(21)13-5-7-14(18)8-6-13/h5-8,12,15,22H,9-11H2,1-4H3/t15-/m1/s1. The summed E-state index contributed by atoms with van der Waals surface area (Å²) in [4.78, 5) is 16.7. The summed E-state index contributed by atoms with van der Waals surface area (Å²) >= 11 is 3.39. The van der Waals surface area contributed by atoms with Crippen molar-refractivity contribution in [2.75, 3.05) is 26.7 Å². The summed E-state index contributed by atoms with van der Waals surface area (Å²) in [5.41, 5.74) is 0.127. The van der Waals surface area contributed by atoms with E-state index in [1.54, 1.807) is 0 Å². The topological polar surface area (TPSA) is 43.8 Å². The molecule has 1 fully saturated rings. The van der Waals surface area contributed by atoms with Crippen molar-refractivity contribution < 1.29 is 9.90 Å². The van der Waals surface area contributed by atoms with E-state index < -0.39 is 5.60 Å². The lowest BCUT2D eigenvalue weighted by molar-refractivity contribution is -0.0911. The molecule has 1 aromatic carbocycles. The van der Waals surface area contributed by atoms with Crippen LogP contribution in [0.4, 0.5) is 0 Å². The van der Waals surface area contributed by atoms with Gasteiger partial charge in [-0.25, -0.2) is 0 Å². The minimum absolute atomic E-state index is 0.0403.